The van der Waals surface area contributed by atoms with Crippen molar-refractivity contribution in [3.63, 3.8) is 0 Å². The van der Waals surface area contributed by atoms with Crippen molar-refractivity contribution in [2.24, 2.45) is 0 Å². The summed E-state index contributed by atoms with van der Waals surface area (Å²) in [5.74, 6) is 1.61. The van der Waals surface area contributed by atoms with Crippen molar-refractivity contribution in [3.8, 4) is 11.5 Å². The van der Waals surface area contributed by atoms with Crippen LogP contribution in [-0.2, 0) is 17.8 Å². The summed E-state index contributed by atoms with van der Waals surface area (Å²) in [4.78, 5) is 0. The van der Waals surface area contributed by atoms with Crippen LogP contribution in [0.2, 0.25) is 0 Å². The molecule has 0 fully saturated rings. The van der Waals surface area contributed by atoms with E-state index in [9.17, 15) is 0 Å². The first-order chi connectivity index (χ1) is 9.85. The maximum absolute atomic E-state index is 5.36. The topological polar surface area (TPSA) is 57.5 Å². The third kappa shape index (κ3) is 2.85. The molecule has 0 aliphatic carbocycles. The molecule has 0 bridgehead atoms. The first kappa shape index (κ1) is 12.8. The molecule has 3 rings (SSSR count). The van der Waals surface area contributed by atoms with Crippen LogP contribution in [0.15, 0.2) is 30.6 Å². The summed E-state index contributed by atoms with van der Waals surface area (Å²) in [6, 6.07) is 5.95. The van der Waals surface area contributed by atoms with Gasteiger partial charge in [0.15, 0.2) is 11.5 Å². The molecule has 1 aliphatic rings. The molecule has 20 heavy (non-hydrogen) atoms. The van der Waals surface area contributed by atoms with Crippen LogP contribution in [0.3, 0.4) is 0 Å². The van der Waals surface area contributed by atoms with E-state index < -0.39 is 0 Å². The van der Waals surface area contributed by atoms with E-state index in [0.717, 1.165) is 29.3 Å². The lowest BCUT2D eigenvalue weighted by Crippen LogP contribution is -2.04. The molecule has 0 unspecified atom stereocenters. The van der Waals surface area contributed by atoms with Crippen molar-refractivity contribution < 1.29 is 14.2 Å². The zero-order chi connectivity index (χ0) is 13.8. The van der Waals surface area contributed by atoms with Crippen LogP contribution in [0.4, 0.5) is 5.69 Å². The Kier molecular flexibility index (Phi) is 3.73. The van der Waals surface area contributed by atoms with Gasteiger partial charge < -0.3 is 19.5 Å². The molecule has 0 saturated carbocycles. The van der Waals surface area contributed by atoms with Gasteiger partial charge in [0.2, 0.25) is 6.79 Å². The molecule has 0 saturated heterocycles. The summed E-state index contributed by atoms with van der Waals surface area (Å²) in [7, 11) is 1.68. The minimum Gasteiger partial charge on any atom is -0.454 e. The number of methoxy groups -OCH3 is 1. The molecule has 6 nitrogen and oxygen atoms in total. The zero-order valence-electron chi connectivity index (χ0n) is 11.3. The summed E-state index contributed by atoms with van der Waals surface area (Å²) >= 11 is 0. The Bertz CT molecular complexity index is 583. The van der Waals surface area contributed by atoms with Crippen LogP contribution < -0.4 is 14.8 Å². The van der Waals surface area contributed by atoms with E-state index >= 15 is 0 Å². The predicted octanol–water partition coefficient (Wildman–Crippen LogP) is 1.87. The average Bonchev–Trinajstić information content (AvgIpc) is 3.11. The van der Waals surface area contributed by atoms with Crippen LogP contribution in [0.25, 0.3) is 0 Å². The molecule has 1 N–H and O–H groups in total. The third-order valence-corrected chi connectivity index (χ3v) is 3.09. The molecular formula is C14H17N3O3. The summed E-state index contributed by atoms with van der Waals surface area (Å²) in [6.07, 6.45) is 3.77. The molecule has 1 aromatic carbocycles. The summed E-state index contributed by atoms with van der Waals surface area (Å²) in [6.45, 7) is 2.43. The number of rotatable bonds is 6. The zero-order valence-corrected chi connectivity index (χ0v) is 11.3. The van der Waals surface area contributed by atoms with Crippen LogP contribution >= 0.6 is 0 Å². The van der Waals surface area contributed by atoms with Gasteiger partial charge in [-0.1, -0.05) is 6.07 Å². The Morgan fingerprint density at radius 3 is 3.15 bits per heavy atom. The van der Waals surface area contributed by atoms with E-state index in [-0.39, 0.29) is 0 Å². The van der Waals surface area contributed by atoms with E-state index in [1.54, 1.807) is 7.11 Å². The predicted molar refractivity (Wildman–Crippen MR) is 74.0 cm³/mol. The highest BCUT2D eigenvalue weighted by Gasteiger charge is 2.12. The smallest absolute Gasteiger partial charge is 0.231 e. The first-order valence-corrected chi connectivity index (χ1v) is 6.49. The highest BCUT2D eigenvalue weighted by Crippen LogP contribution is 2.32. The number of nitrogens with zero attached hydrogens (tertiary/aromatic N) is 2. The lowest BCUT2D eigenvalue weighted by molar-refractivity contribution is 0.174. The molecule has 0 spiro atoms. The molecular weight excluding hydrogens is 258 g/mol. The van der Waals surface area contributed by atoms with Gasteiger partial charge in [0, 0.05) is 19.9 Å². The van der Waals surface area contributed by atoms with Gasteiger partial charge in [0.25, 0.3) is 0 Å². The molecule has 6 heteroatoms. The lowest BCUT2D eigenvalue weighted by Gasteiger charge is -2.05. The van der Waals surface area contributed by atoms with Gasteiger partial charge in [-0.2, -0.15) is 5.10 Å². The number of hydrogen-bond acceptors (Lipinski definition) is 5. The van der Waals surface area contributed by atoms with Crippen molar-refractivity contribution >= 4 is 5.69 Å². The Hall–Kier alpha value is -2.21. The van der Waals surface area contributed by atoms with E-state index in [4.69, 9.17) is 14.2 Å². The van der Waals surface area contributed by atoms with Gasteiger partial charge in [-0.05, 0) is 17.7 Å². The number of anilines is 1. The van der Waals surface area contributed by atoms with Crippen LogP contribution in [0.5, 0.6) is 11.5 Å². The van der Waals surface area contributed by atoms with Crippen molar-refractivity contribution in [3.05, 3.63) is 36.2 Å². The second kappa shape index (κ2) is 5.83. The van der Waals surface area contributed by atoms with Crippen molar-refractivity contribution in [1.82, 2.24) is 9.78 Å². The van der Waals surface area contributed by atoms with Gasteiger partial charge in [-0.25, -0.2) is 0 Å². The van der Waals surface area contributed by atoms with Crippen LogP contribution in [0.1, 0.15) is 5.56 Å². The Labute approximate surface area is 117 Å². The standard InChI is InChI=1S/C14H17N3O3/c1-18-5-4-17-9-12(8-16-17)15-7-11-2-3-13-14(6-11)20-10-19-13/h2-3,6,8-9,15H,4-5,7,10H2,1H3. The molecule has 1 aliphatic heterocycles. The summed E-state index contributed by atoms with van der Waals surface area (Å²) in [5.41, 5.74) is 2.12. The van der Waals surface area contributed by atoms with Gasteiger partial charge in [-0.15, -0.1) is 0 Å². The number of ether oxygens (including phenoxy) is 3. The number of benzene rings is 1. The molecule has 0 atom stereocenters. The normalized spacial score (nSPS) is 12.7. The fourth-order valence-corrected chi connectivity index (χ4v) is 2.02. The number of fused-ring (bicyclic) bond motifs is 1. The van der Waals surface area contributed by atoms with Crippen molar-refractivity contribution in [2.75, 3.05) is 25.8 Å². The third-order valence-electron chi connectivity index (χ3n) is 3.09. The Balaban J connectivity index is 1.57. The molecule has 2 heterocycles. The fourth-order valence-electron chi connectivity index (χ4n) is 2.02. The average molecular weight is 275 g/mol. The minimum absolute atomic E-state index is 0.304. The van der Waals surface area contributed by atoms with Crippen molar-refractivity contribution in [2.45, 2.75) is 13.1 Å². The lowest BCUT2D eigenvalue weighted by atomic mass is 10.2. The highest BCUT2D eigenvalue weighted by atomic mass is 16.7. The number of aromatic nitrogens is 2. The van der Waals surface area contributed by atoms with Gasteiger partial charge in [-0.3, -0.25) is 4.68 Å². The monoisotopic (exact) mass is 275 g/mol. The van der Waals surface area contributed by atoms with Gasteiger partial charge in [0.05, 0.1) is 25.0 Å². The highest BCUT2D eigenvalue weighted by molar-refractivity contribution is 5.46. The molecule has 106 valence electrons. The second-order valence-corrected chi connectivity index (χ2v) is 4.53. The second-order valence-electron chi connectivity index (χ2n) is 4.53. The van der Waals surface area contributed by atoms with Crippen LogP contribution in [0, 0.1) is 0 Å². The quantitative estimate of drug-likeness (QED) is 0.872. The first-order valence-electron chi connectivity index (χ1n) is 6.49. The number of nitrogens with one attached hydrogen (secondary N) is 1. The van der Waals surface area contributed by atoms with E-state index in [0.29, 0.717) is 19.9 Å². The summed E-state index contributed by atoms with van der Waals surface area (Å²) in [5, 5.41) is 7.58. The Morgan fingerprint density at radius 1 is 1.35 bits per heavy atom. The van der Waals surface area contributed by atoms with E-state index in [2.05, 4.69) is 10.4 Å². The number of hydrogen-bond donors (Lipinski definition) is 1. The van der Waals surface area contributed by atoms with Gasteiger partial charge >= 0.3 is 0 Å². The molecule has 0 amide bonds. The molecule has 2 aromatic rings. The van der Waals surface area contributed by atoms with E-state index in [1.165, 1.54) is 0 Å². The SMILES string of the molecule is COCCn1cc(NCc2ccc3c(c2)OCO3)cn1. The maximum atomic E-state index is 5.36. The molecule has 0 radical (unpaired) electrons. The Morgan fingerprint density at radius 2 is 2.25 bits per heavy atom. The summed E-state index contributed by atoms with van der Waals surface area (Å²) < 4.78 is 17.5. The largest absolute Gasteiger partial charge is 0.454 e. The van der Waals surface area contributed by atoms with Crippen molar-refractivity contribution in [1.29, 1.82) is 0 Å². The maximum Gasteiger partial charge on any atom is 0.231 e. The van der Waals surface area contributed by atoms with E-state index in [1.807, 2.05) is 35.3 Å². The fraction of sp³-hybridized carbons (Fsp3) is 0.357. The minimum atomic E-state index is 0.304. The van der Waals surface area contributed by atoms with Crippen LogP contribution in [-0.4, -0.2) is 30.3 Å². The van der Waals surface area contributed by atoms with Gasteiger partial charge in [0.1, 0.15) is 0 Å². The molecule has 1 aromatic heterocycles.